The van der Waals surface area contributed by atoms with Crippen LogP contribution < -0.4 is 9.29 Å². The van der Waals surface area contributed by atoms with Gasteiger partial charge < -0.3 is 0 Å². The third kappa shape index (κ3) is 15.8. The van der Waals surface area contributed by atoms with E-state index in [2.05, 4.69) is 20.6 Å². The smallest absolute Gasteiger partial charge is 0.179 e. The molecule has 0 radical (unpaired) electrons. The molecule has 0 bridgehead atoms. The van der Waals surface area contributed by atoms with Crippen molar-refractivity contribution in [1.29, 1.82) is 0 Å². The van der Waals surface area contributed by atoms with Gasteiger partial charge in [-0.05, 0) is 0 Å². The van der Waals surface area contributed by atoms with E-state index in [0.717, 1.165) is 0 Å². The van der Waals surface area contributed by atoms with Crippen molar-refractivity contribution in [2.45, 2.75) is 0 Å². The van der Waals surface area contributed by atoms with Crippen molar-refractivity contribution >= 4 is 0 Å². The van der Waals surface area contributed by atoms with Crippen molar-refractivity contribution < 1.29 is 33.8 Å². The minimum absolute atomic E-state index is 1.46. The molecule has 1 rings (SSSR count). The van der Waals surface area contributed by atoms with E-state index < -0.39 is 13.0 Å². The van der Waals surface area contributed by atoms with Crippen molar-refractivity contribution in [3.63, 3.8) is 0 Å². The van der Waals surface area contributed by atoms with Crippen LogP contribution in [-0.2, 0) is 24.5 Å². The number of rotatable bonds is 0. The van der Waals surface area contributed by atoms with E-state index in [1.165, 1.54) is 6.33 Å². The van der Waals surface area contributed by atoms with E-state index in [9.17, 15) is 0 Å². The van der Waals surface area contributed by atoms with E-state index in [1.54, 1.807) is 0 Å². The summed E-state index contributed by atoms with van der Waals surface area (Å²) in [5.41, 5.74) is 0. The Hall–Kier alpha value is -1.05. The van der Waals surface area contributed by atoms with E-state index in [1.807, 2.05) is 0 Å². The van der Waals surface area contributed by atoms with Crippen LogP contribution in [0.2, 0.25) is 0 Å². The average molecular weight is 190 g/mol. The van der Waals surface area contributed by atoms with Crippen LogP contribution in [-0.4, -0.2) is 15.5 Å². The Bertz CT molecular complexity index is 261. The van der Waals surface area contributed by atoms with Gasteiger partial charge in [0.05, 0.1) is 0 Å². The Balaban J connectivity index is 0.000000162. The molecule has 1 heterocycles. The molecule has 0 spiro atoms. The van der Waals surface area contributed by atoms with Gasteiger partial charge in [-0.25, -0.2) is 0 Å². The van der Waals surface area contributed by atoms with Gasteiger partial charge >= 0.3 is 28.7 Å². The van der Waals surface area contributed by atoms with E-state index in [-0.39, 0.29) is 0 Å². The normalized spacial score (nSPS) is 9.70. The number of H-pyrrole nitrogens is 2. The third-order valence-corrected chi connectivity index (χ3v) is 0.295. The maximum atomic E-state index is 8.58. The van der Waals surface area contributed by atoms with Crippen LogP contribution in [0, 0.1) is 0 Å². The van der Waals surface area contributed by atoms with Crippen LogP contribution in [0.4, 0.5) is 0 Å². The summed E-state index contributed by atoms with van der Waals surface area (Å²) in [6, 6.07) is 0. The summed E-state index contributed by atoms with van der Waals surface area (Å²) < 4.78 is 34.3. The fourth-order valence-electron chi connectivity index (χ4n) is 0.144. The van der Waals surface area contributed by atoms with E-state index in [0.29, 0.717) is 0 Å². The molecular formula is CH3MnN4O4. The summed E-state index contributed by atoms with van der Waals surface area (Å²) in [5, 5.41) is 11.5. The van der Waals surface area contributed by atoms with Gasteiger partial charge in [0.15, 0.2) is 5.21 Å². The zero-order chi connectivity index (χ0) is 8.04. The summed E-state index contributed by atoms with van der Waals surface area (Å²) in [6.07, 6.45) is 1.46. The molecule has 1 aromatic rings. The molecule has 8 nitrogen and oxygen atoms in total. The Labute approximate surface area is 56.4 Å². The molecule has 0 fully saturated rings. The second kappa shape index (κ2) is 3.88. The molecule has 10 heavy (non-hydrogen) atoms. The molecule has 9 heteroatoms. The SMILES string of the molecule is [O]=[Mn](=[O])(=[O])[O-].c1nn[nH][nH+]1. The van der Waals surface area contributed by atoms with Gasteiger partial charge in [0, 0.05) is 0 Å². The first-order valence-corrected chi connectivity index (χ1v) is 3.77. The minimum Gasteiger partial charge on any atom is -0.179 e. The molecule has 0 aliphatic carbocycles. The molecule has 58 valence electrons. The van der Waals surface area contributed by atoms with Gasteiger partial charge in [0.25, 0.3) is 6.33 Å². The molecule has 0 amide bonds. The van der Waals surface area contributed by atoms with Crippen LogP contribution >= 0.6 is 0 Å². The second-order valence-corrected chi connectivity index (χ2v) is 2.16. The first kappa shape index (κ1) is 8.95. The first-order valence-electron chi connectivity index (χ1n) is 1.84. The van der Waals surface area contributed by atoms with Gasteiger partial charge in [0.2, 0.25) is 0 Å². The van der Waals surface area contributed by atoms with Crippen LogP contribution in [0.5, 0.6) is 0 Å². The average Bonchev–Trinajstić information content (AvgIpc) is 2.07. The molecule has 0 aromatic carbocycles. The summed E-state index contributed by atoms with van der Waals surface area (Å²) in [6.45, 7) is 0. The molecule has 0 saturated heterocycles. The topological polar surface area (TPSA) is 130 Å². The third-order valence-electron chi connectivity index (χ3n) is 0.295. The van der Waals surface area contributed by atoms with Crippen molar-refractivity contribution in [2.24, 2.45) is 0 Å². The number of aromatic amines is 2. The zero-order valence-corrected chi connectivity index (χ0v) is 5.66. The van der Waals surface area contributed by atoms with Crippen LogP contribution in [0.3, 0.4) is 0 Å². The van der Waals surface area contributed by atoms with Crippen LogP contribution in [0.15, 0.2) is 6.33 Å². The number of nitrogens with zero attached hydrogens (tertiary/aromatic N) is 2. The monoisotopic (exact) mass is 190 g/mol. The largest absolute Gasteiger partial charge is 0.286 e. The Morgan fingerprint density at radius 2 is 2.00 bits per heavy atom. The first-order chi connectivity index (χ1) is 4.50. The molecule has 0 atom stereocenters. The van der Waals surface area contributed by atoms with E-state index in [4.69, 9.17) is 15.7 Å². The standard InChI is InChI=1S/CH2N4.Mn.4O/c1-2-4-5-3-1;;;;;/h1H,(H,2,3,4,5);;;;;/q;;;;;-1/p+1. The number of hydrogen-bond acceptors (Lipinski definition) is 6. The van der Waals surface area contributed by atoms with Gasteiger partial charge in [-0.1, -0.05) is 5.21 Å². The Kier molecular flexibility index (Phi) is 3.47. The van der Waals surface area contributed by atoms with Crippen molar-refractivity contribution in [3.05, 3.63) is 6.33 Å². The van der Waals surface area contributed by atoms with Crippen LogP contribution in [0.1, 0.15) is 0 Å². The molecule has 2 N–H and O–H groups in total. The molecule has 0 aliphatic heterocycles. The number of aromatic nitrogens is 4. The predicted octanol–water partition coefficient (Wildman–Crippen LogP) is -2.93. The summed E-state index contributed by atoms with van der Waals surface area (Å²) in [5.74, 6) is 0. The zero-order valence-electron chi connectivity index (χ0n) is 4.48. The van der Waals surface area contributed by atoms with Gasteiger partial charge in [-0.3, -0.25) is 0 Å². The molecule has 1 aromatic heterocycles. The van der Waals surface area contributed by atoms with Crippen LogP contribution in [0.25, 0.3) is 0 Å². The van der Waals surface area contributed by atoms with Crippen molar-refractivity contribution in [2.75, 3.05) is 0 Å². The fraction of sp³-hybridized carbons (Fsp3) is 0. The number of tetrazole rings is 1. The Morgan fingerprint density at radius 3 is 2.10 bits per heavy atom. The fourth-order valence-corrected chi connectivity index (χ4v) is 0.144. The molecule has 0 saturated carbocycles. The number of hydrogen-bond donors (Lipinski definition) is 1. The molecular weight excluding hydrogens is 187 g/mol. The van der Waals surface area contributed by atoms with Gasteiger partial charge in [-0.2, -0.15) is 5.10 Å². The summed E-state index contributed by atoms with van der Waals surface area (Å²) in [4.78, 5) is 0. The minimum atomic E-state index is -5.62. The predicted molar refractivity (Wildman–Crippen MR) is 15.0 cm³/mol. The quantitative estimate of drug-likeness (QED) is 0.435. The van der Waals surface area contributed by atoms with Gasteiger partial charge in [-0.15, -0.1) is 0 Å². The van der Waals surface area contributed by atoms with E-state index >= 15 is 0 Å². The number of nitrogens with one attached hydrogen (secondary N) is 2. The maximum absolute atomic E-state index is 8.58. The van der Waals surface area contributed by atoms with Crippen molar-refractivity contribution in [1.82, 2.24) is 15.5 Å². The second-order valence-electron chi connectivity index (χ2n) is 0.979. The van der Waals surface area contributed by atoms with Gasteiger partial charge in [0.1, 0.15) is 5.10 Å². The maximum Gasteiger partial charge on any atom is 0.286 e. The molecule has 0 unspecified atom stereocenters. The summed E-state index contributed by atoms with van der Waals surface area (Å²) in [7, 11) is 0. The Morgan fingerprint density at radius 1 is 1.50 bits per heavy atom. The van der Waals surface area contributed by atoms with Crippen molar-refractivity contribution in [3.8, 4) is 0 Å². The summed E-state index contributed by atoms with van der Waals surface area (Å²) >= 11 is -5.62. The molecule has 0 aliphatic rings.